The Kier molecular flexibility index (Phi) is 10.1. The lowest BCUT2D eigenvalue weighted by molar-refractivity contribution is 0.727. The lowest BCUT2D eigenvalue weighted by atomic mass is 10.2. The second-order valence-corrected chi connectivity index (χ2v) is 3.12. The molecule has 0 heterocycles. The monoisotopic (exact) mass is 206 g/mol. The van der Waals surface area contributed by atoms with E-state index in [1.807, 2.05) is 36.4 Å². The minimum atomic E-state index is 0.640. The fourth-order valence-electron chi connectivity index (χ4n) is 0.995. The molecule has 0 saturated carbocycles. The second-order valence-electron chi connectivity index (χ2n) is 3.12. The Labute approximate surface area is 93.2 Å². The van der Waals surface area contributed by atoms with Crippen LogP contribution in [-0.2, 0) is 6.54 Å². The molecule has 1 aromatic rings. The van der Waals surface area contributed by atoms with Crippen molar-refractivity contribution in [2.24, 2.45) is 5.73 Å². The van der Waals surface area contributed by atoms with Gasteiger partial charge in [-0.2, -0.15) is 0 Å². The van der Waals surface area contributed by atoms with Crippen LogP contribution in [0.4, 0.5) is 0 Å². The number of nitrogens with two attached hydrogens (primary N) is 1. The Hall–Kier alpha value is -1.12. The van der Waals surface area contributed by atoms with Gasteiger partial charge >= 0.3 is 0 Å². The Morgan fingerprint density at radius 3 is 2.40 bits per heavy atom. The van der Waals surface area contributed by atoms with Crippen LogP contribution in [0, 0.1) is 0 Å². The molecule has 0 aliphatic carbocycles. The van der Waals surface area contributed by atoms with Gasteiger partial charge in [0.05, 0.1) is 0 Å². The van der Waals surface area contributed by atoms with Crippen LogP contribution in [0.25, 0.3) is 0 Å². The molecule has 0 aliphatic heterocycles. The molecule has 0 radical (unpaired) electrons. The predicted molar refractivity (Wildman–Crippen MR) is 67.7 cm³/mol. The molecule has 0 bridgehead atoms. The van der Waals surface area contributed by atoms with Gasteiger partial charge in [-0.1, -0.05) is 43.3 Å². The van der Waals surface area contributed by atoms with Crippen LogP contribution in [0.1, 0.15) is 18.9 Å². The van der Waals surface area contributed by atoms with Gasteiger partial charge in [0.1, 0.15) is 0 Å². The highest BCUT2D eigenvalue weighted by Crippen LogP contribution is 1.94. The lowest BCUT2D eigenvalue weighted by Gasteiger charge is -1.92. The van der Waals surface area contributed by atoms with Crippen molar-refractivity contribution in [3.8, 4) is 0 Å². The first-order chi connectivity index (χ1) is 7.35. The topological polar surface area (TPSA) is 38.0 Å². The van der Waals surface area contributed by atoms with E-state index in [0.29, 0.717) is 6.54 Å². The van der Waals surface area contributed by atoms with Crippen LogP contribution in [0.15, 0.2) is 43.0 Å². The van der Waals surface area contributed by atoms with Crippen LogP contribution in [0.5, 0.6) is 0 Å². The first-order valence-electron chi connectivity index (χ1n) is 5.40. The van der Waals surface area contributed by atoms with Gasteiger partial charge < -0.3 is 11.1 Å². The molecule has 0 atom stereocenters. The SMILES string of the molecule is C=CCCNCC.NCc1ccccc1. The van der Waals surface area contributed by atoms with Crippen molar-refractivity contribution in [2.45, 2.75) is 19.9 Å². The normalized spacial score (nSPS) is 8.93. The number of benzene rings is 1. The molecule has 1 rings (SSSR count). The molecule has 3 N–H and O–H groups in total. The van der Waals surface area contributed by atoms with Gasteiger partial charge in [-0.25, -0.2) is 0 Å². The molecule has 0 unspecified atom stereocenters. The van der Waals surface area contributed by atoms with E-state index in [-0.39, 0.29) is 0 Å². The van der Waals surface area contributed by atoms with E-state index in [1.165, 1.54) is 5.56 Å². The van der Waals surface area contributed by atoms with Crippen molar-refractivity contribution in [2.75, 3.05) is 13.1 Å². The number of hydrogen-bond donors (Lipinski definition) is 2. The maximum absolute atomic E-state index is 5.35. The largest absolute Gasteiger partial charge is 0.326 e. The highest BCUT2D eigenvalue weighted by molar-refractivity contribution is 5.13. The van der Waals surface area contributed by atoms with Crippen LogP contribution < -0.4 is 11.1 Å². The maximum Gasteiger partial charge on any atom is 0.0178 e. The molecule has 0 fully saturated rings. The summed E-state index contributed by atoms with van der Waals surface area (Å²) in [6.45, 7) is 8.47. The van der Waals surface area contributed by atoms with Gasteiger partial charge in [-0.15, -0.1) is 6.58 Å². The molecule has 2 heteroatoms. The van der Waals surface area contributed by atoms with Crippen molar-refractivity contribution < 1.29 is 0 Å². The van der Waals surface area contributed by atoms with E-state index in [1.54, 1.807) is 0 Å². The van der Waals surface area contributed by atoms with E-state index >= 15 is 0 Å². The summed E-state index contributed by atoms with van der Waals surface area (Å²) in [4.78, 5) is 0. The van der Waals surface area contributed by atoms with Gasteiger partial charge in [0.25, 0.3) is 0 Å². The van der Waals surface area contributed by atoms with Crippen molar-refractivity contribution >= 4 is 0 Å². The highest BCUT2D eigenvalue weighted by atomic mass is 14.8. The Morgan fingerprint density at radius 2 is 2.00 bits per heavy atom. The number of nitrogens with one attached hydrogen (secondary N) is 1. The summed E-state index contributed by atoms with van der Waals surface area (Å²) in [5.74, 6) is 0. The molecule has 0 aromatic heterocycles. The lowest BCUT2D eigenvalue weighted by Crippen LogP contribution is -2.12. The summed E-state index contributed by atoms with van der Waals surface area (Å²) in [6, 6.07) is 9.99. The molecule has 0 amide bonds. The average Bonchev–Trinajstić information content (AvgIpc) is 2.32. The first kappa shape index (κ1) is 13.9. The minimum Gasteiger partial charge on any atom is -0.326 e. The summed E-state index contributed by atoms with van der Waals surface area (Å²) >= 11 is 0. The zero-order valence-electron chi connectivity index (χ0n) is 9.58. The molecule has 0 spiro atoms. The van der Waals surface area contributed by atoms with Crippen molar-refractivity contribution in [1.29, 1.82) is 0 Å². The van der Waals surface area contributed by atoms with E-state index in [9.17, 15) is 0 Å². The smallest absolute Gasteiger partial charge is 0.0178 e. The van der Waals surface area contributed by atoms with Gasteiger partial charge in [0.2, 0.25) is 0 Å². The van der Waals surface area contributed by atoms with E-state index < -0.39 is 0 Å². The molecular formula is C13H22N2. The molecule has 15 heavy (non-hydrogen) atoms. The fraction of sp³-hybridized carbons (Fsp3) is 0.385. The zero-order chi connectivity index (χ0) is 11.4. The zero-order valence-corrected chi connectivity index (χ0v) is 9.58. The molecular weight excluding hydrogens is 184 g/mol. The van der Waals surface area contributed by atoms with E-state index in [2.05, 4.69) is 18.8 Å². The molecule has 84 valence electrons. The second kappa shape index (κ2) is 11.0. The van der Waals surface area contributed by atoms with Crippen molar-refractivity contribution in [3.05, 3.63) is 48.6 Å². The van der Waals surface area contributed by atoms with Gasteiger partial charge in [0.15, 0.2) is 0 Å². The van der Waals surface area contributed by atoms with Gasteiger partial charge in [-0.05, 0) is 25.1 Å². The predicted octanol–water partition coefficient (Wildman–Crippen LogP) is 2.32. The Morgan fingerprint density at radius 1 is 1.33 bits per heavy atom. The Bertz CT molecular complexity index is 232. The van der Waals surface area contributed by atoms with Crippen LogP contribution in [0.2, 0.25) is 0 Å². The molecule has 0 aliphatic rings. The van der Waals surface area contributed by atoms with Gasteiger partial charge in [0, 0.05) is 6.54 Å². The van der Waals surface area contributed by atoms with Crippen LogP contribution in [-0.4, -0.2) is 13.1 Å². The maximum atomic E-state index is 5.35. The third-order valence-electron chi connectivity index (χ3n) is 1.85. The average molecular weight is 206 g/mol. The third-order valence-corrected chi connectivity index (χ3v) is 1.85. The molecule has 1 aromatic carbocycles. The highest BCUT2D eigenvalue weighted by Gasteiger charge is 1.80. The Balaban J connectivity index is 0.000000265. The number of rotatable bonds is 5. The summed E-state index contributed by atoms with van der Waals surface area (Å²) in [7, 11) is 0. The van der Waals surface area contributed by atoms with E-state index in [4.69, 9.17) is 5.73 Å². The summed E-state index contributed by atoms with van der Waals surface area (Å²) in [5, 5.41) is 3.18. The van der Waals surface area contributed by atoms with Crippen LogP contribution >= 0.6 is 0 Å². The quantitative estimate of drug-likeness (QED) is 0.573. The van der Waals surface area contributed by atoms with Gasteiger partial charge in [-0.3, -0.25) is 0 Å². The fourth-order valence-corrected chi connectivity index (χ4v) is 0.995. The third kappa shape index (κ3) is 9.19. The minimum absolute atomic E-state index is 0.640. The molecule has 2 nitrogen and oxygen atoms in total. The summed E-state index contributed by atoms with van der Waals surface area (Å²) in [6.07, 6.45) is 3.00. The molecule has 0 saturated heterocycles. The summed E-state index contributed by atoms with van der Waals surface area (Å²) < 4.78 is 0. The number of hydrogen-bond acceptors (Lipinski definition) is 2. The van der Waals surface area contributed by atoms with Crippen molar-refractivity contribution in [1.82, 2.24) is 5.32 Å². The van der Waals surface area contributed by atoms with E-state index in [0.717, 1.165) is 19.5 Å². The summed E-state index contributed by atoms with van der Waals surface area (Å²) in [5.41, 5.74) is 6.54. The van der Waals surface area contributed by atoms with Crippen molar-refractivity contribution in [3.63, 3.8) is 0 Å². The standard InChI is InChI=1S/C7H9N.C6H13N/c8-6-7-4-2-1-3-5-7;1-3-5-6-7-4-2/h1-5H,6,8H2;3,7H,1,4-6H2,2H3. The first-order valence-corrected chi connectivity index (χ1v) is 5.40. The van der Waals surface area contributed by atoms with Crippen LogP contribution in [0.3, 0.4) is 0 Å².